The summed E-state index contributed by atoms with van der Waals surface area (Å²) in [5.41, 5.74) is 2.24. The van der Waals surface area contributed by atoms with Crippen molar-refractivity contribution in [3.63, 3.8) is 0 Å². The Bertz CT molecular complexity index is 782. The smallest absolute Gasteiger partial charge is 0.137 e. The zero-order chi connectivity index (χ0) is 19.3. The van der Waals surface area contributed by atoms with Crippen molar-refractivity contribution in [3.05, 3.63) is 24.0 Å². The van der Waals surface area contributed by atoms with Gasteiger partial charge in [0.05, 0.1) is 12.6 Å². The van der Waals surface area contributed by atoms with Gasteiger partial charge in [-0.25, -0.2) is 9.97 Å². The van der Waals surface area contributed by atoms with E-state index in [0.717, 1.165) is 67.9 Å². The van der Waals surface area contributed by atoms with Crippen molar-refractivity contribution in [2.45, 2.75) is 45.1 Å². The SMILES string of the molecule is CCN1CCC(Nc2ncnc3cc(CCN4CCCC4)c(OC)cc23)CC1. The minimum Gasteiger partial charge on any atom is -0.496 e. The van der Waals surface area contributed by atoms with E-state index >= 15 is 0 Å². The van der Waals surface area contributed by atoms with E-state index in [1.165, 1.54) is 31.5 Å². The van der Waals surface area contributed by atoms with Crippen molar-refractivity contribution in [1.82, 2.24) is 19.8 Å². The fourth-order valence-corrected chi connectivity index (χ4v) is 4.50. The number of rotatable bonds is 7. The van der Waals surface area contributed by atoms with E-state index < -0.39 is 0 Å². The maximum absolute atomic E-state index is 5.73. The Balaban J connectivity index is 1.52. The summed E-state index contributed by atoms with van der Waals surface area (Å²) in [6.07, 6.45) is 7.65. The van der Waals surface area contributed by atoms with Crippen LogP contribution < -0.4 is 10.1 Å². The lowest BCUT2D eigenvalue weighted by molar-refractivity contribution is 0.229. The zero-order valence-corrected chi connectivity index (χ0v) is 17.3. The van der Waals surface area contributed by atoms with Gasteiger partial charge < -0.3 is 19.9 Å². The third-order valence-electron chi connectivity index (χ3n) is 6.31. The lowest BCUT2D eigenvalue weighted by atomic mass is 10.0. The van der Waals surface area contributed by atoms with Gasteiger partial charge in [-0.05, 0) is 69.4 Å². The minimum atomic E-state index is 0.474. The zero-order valence-electron chi connectivity index (χ0n) is 17.3. The largest absolute Gasteiger partial charge is 0.496 e. The average molecular weight is 384 g/mol. The standard InChI is InChI=1S/C22H33N5O/c1-3-26-12-7-18(8-13-26)25-22-19-15-21(28-2)17(14-20(19)23-16-24-22)6-11-27-9-4-5-10-27/h14-16,18H,3-13H2,1-2H3,(H,23,24,25). The predicted molar refractivity (Wildman–Crippen MR) is 114 cm³/mol. The van der Waals surface area contributed by atoms with Crippen LogP contribution >= 0.6 is 0 Å². The summed E-state index contributed by atoms with van der Waals surface area (Å²) in [7, 11) is 1.76. The lowest BCUT2D eigenvalue weighted by Crippen LogP contribution is -2.39. The molecule has 0 bridgehead atoms. The number of aromatic nitrogens is 2. The van der Waals surface area contributed by atoms with Crippen LogP contribution in [0.25, 0.3) is 10.9 Å². The van der Waals surface area contributed by atoms with Crippen LogP contribution in [-0.2, 0) is 6.42 Å². The van der Waals surface area contributed by atoms with E-state index in [1.54, 1.807) is 13.4 Å². The van der Waals surface area contributed by atoms with Crippen molar-refractivity contribution in [2.24, 2.45) is 0 Å². The summed E-state index contributed by atoms with van der Waals surface area (Å²) in [4.78, 5) is 14.1. The Labute approximate surface area is 168 Å². The van der Waals surface area contributed by atoms with Gasteiger partial charge in [0.1, 0.15) is 17.9 Å². The van der Waals surface area contributed by atoms with Gasteiger partial charge in [0.15, 0.2) is 0 Å². The Kier molecular flexibility index (Phi) is 6.27. The second-order valence-corrected chi connectivity index (χ2v) is 8.06. The van der Waals surface area contributed by atoms with E-state index in [2.05, 4.69) is 44.1 Å². The summed E-state index contributed by atoms with van der Waals surface area (Å²) in [5, 5.41) is 4.73. The Morgan fingerprint density at radius 3 is 2.57 bits per heavy atom. The van der Waals surface area contributed by atoms with E-state index in [0.29, 0.717) is 6.04 Å². The summed E-state index contributed by atoms with van der Waals surface area (Å²) in [6.45, 7) is 9.22. The van der Waals surface area contributed by atoms with Crippen LogP contribution in [0.4, 0.5) is 5.82 Å². The van der Waals surface area contributed by atoms with Crippen LogP contribution in [0, 0.1) is 0 Å². The van der Waals surface area contributed by atoms with Crippen LogP contribution in [0.2, 0.25) is 0 Å². The highest BCUT2D eigenvalue weighted by Crippen LogP contribution is 2.30. The van der Waals surface area contributed by atoms with Gasteiger partial charge in [0.25, 0.3) is 0 Å². The third kappa shape index (κ3) is 4.39. The molecule has 6 nitrogen and oxygen atoms in total. The Morgan fingerprint density at radius 2 is 1.86 bits per heavy atom. The van der Waals surface area contributed by atoms with E-state index in [-0.39, 0.29) is 0 Å². The van der Waals surface area contributed by atoms with Gasteiger partial charge in [-0.15, -0.1) is 0 Å². The van der Waals surface area contributed by atoms with E-state index in [4.69, 9.17) is 4.74 Å². The van der Waals surface area contributed by atoms with Gasteiger partial charge >= 0.3 is 0 Å². The minimum absolute atomic E-state index is 0.474. The lowest BCUT2D eigenvalue weighted by Gasteiger charge is -2.31. The molecule has 0 unspecified atom stereocenters. The topological polar surface area (TPSA) is 53.5 Å². The fraction of sp³-hybridized carbons (Fsp3) is 0.636. The molecule has 0 radical (unpaired) electrons. The first-order chi connectivity index (χ1) is 13.8. The number of ether oxygens (including phenoxy) is 1. The second kappa shape index (κ2) is 9.05. The molecule has 1 N–H and O–H groups in total. The molecular weight excluding hydrogens is 350 g/mol. The number of methoxy groups -OCH3 is 1. The van der Waals surface area contributed by atoms with Crippen LogP contribution in [0.5, 0.6) is 5.75 Å². The average Bonchev–Trinajstić information content (AvgIpc) is 3.26. The van der Waals surface area contributed by atoms with Crippen molar-refractivity contribution in [3.8, 4) is 5.75 Å². The molecule has 3 heterocycles. The highest BCUT2D eigenvalue weighted by Gasteiger charge is 2.20. The predicted octanol–water partition coefficient (Wildman–Crippen LogP) is 3.17. The molecule has 2 aliphatic heterocycles. The highest BCUT2D eigenvalue weighted by atomic mass is 16.5. The van der Waals surface area contributed by atoms with Gasteiger partial charge in [-0.2, -0.15) is 0 Å². The molecule has 0 aliphatic carbocycles. The molecule has 0 saturated carbocycles. The number of nitrogens with zero attached hydrogens (tertiary/aromatic N) is 4. The molecule has 28 heavy (non-hydrogen) atoms. The first kappa shape index (κ1) is 19.4. The maximum Gasteiger partial charge on any atom is 0.137 e. The second-order valence-electron chi connectivity index (χ2n) is 8.06. The van der Waals surface area contributed by atoms with Crippen LogP contribution in [0.3, 0.4) is 0 Å². The van der Waals surface area contributed by atoms with Gasteiger partial charge in [0.2, 0.25) is 0 Å². The molecule has 2 aromatic rings. The van der Waals surface area contributed by atoms with Crippen LogP contribution in [0.1, 0.15) is 38.2 Å². The molecule has 4 rings (SSSR count). The van der Waals surface area contributed by atoms with Crippen LogP contribution in [0.15, 0.2) is 18.5 Å². The number of likely N-dealkylation sites (tertiary alicyclic amines) is 2. The number of nitrogens with one attached hydrogen (secondary N) is 1. The molecule has 2 aliphatic rings. The number of fused-ring (bicyclic) bond motifs is 1. The Hall–Kier alpha value is -1.92. The summed E-state index contributed by atoms with van der Waals surface area (Å²) in [5.74, 6) is 1.88. The summed E-state index contributed by atoms with van der Waals surface area (Å²) >= 11 is 0. The first-order valence-corrected chi connectivity index (χ1v) is 10.8. The number of piperidine rings is 1. The molecule has 0 amide bonds. The summed E-state index contributed by atoms with van der Waals surface area (Å²) < 4.78 is 5.73. The quantitative estimate of drug-likeness (QED) is 0.793. The number of hydrogen-bond donors (Lipinski definition) is 1. The third-order valence-corrected chi connectivity index (χ3v) is 6.31. The molecule has 152 valence electrons. The van der Waals surface area contributed by atoms with Crippen LogP contribution in [-0.4, -0.2) is 72.2 Å². The fourth-order valence-electron chi connectivity index (χ4n) is 4.50. The molecule has 2 fully saturated rings. The normalized spacial score (nSPS) is 19.4. The maximum atomic E-state index is 5.73. The molecule has 1 aromatic heterocycles. The molecule has 2 saturated heterocycles. The molecule has 1 aromatic carbocycles. The van der Waals surface area contributed by atoms with Gasteiger partial charge in [-0.3, -0.25) is 0 Å². The Morgan fingerprint density at radius 1 is 1.07 bits per heavy atom. The molecular formula is C22H33N5O. The number of benzene rings is 1. The number of hydrogen-bond acceptors (Lipinski definition) is 6. The van der Waals surface area contributed by atoms with Crippen molar-refractivity contribution in [1.29, 1.82) is 0 Å². The first-order valence-electron chi connectivity index (χ1n) is 10.8. The number of anilines is 1. The van der Waals surface area contributed by atoms with Crippen molar-refractivity contribution < 1.29 is 4.74 Å². The molecule has 0 atom stereocenters. The monoisotopic (exact) mass is 383 g/mol. The van der Waals surface area contributed by atoms with E-state index in [1.807, 2.05) is 0 Å². The summed E-state index contributed by atoms with van der Waals surface area (Å²) in [6, 6.07) is 4.79. The molecule has 6 heteroatoms. The van der Waals surface area contributed by atoms with E-state index in [9.17, 15) is 0 Å². The van der Waals surface area contributed by atoms with Gasteiger partial charge in [-0.1, -0.05) is 6.92 Å². The van der Waals surface area contributed by atoms with Gasteiger partial charge in [0, 0.05) is 31.1 Å². The molecule has 0 spiro atoms. The van der Waals surface area contributed by atoms with Crippen molar-refractivity contribution in [2.75, 3.05) is 51.7 Å². The van der Waals surface area contributed by atoms with Crippen molar-refractivity contribution >= 4 is 16.7 Å². The highest BCUT2D eigenvalue weighted by molar-refractivity contribution is 5.90.